The Hall–Kier alpha value is -0.980. The van der Waals surface area contributed by atoms with Crippen LogP contribution in [0.3, 0.4) is 0 Å². The van der Waals surface area contributed by atoms with E-state index in [-0.39, 0.29) is 5.82 Å². The summed E-state index contributed by atoms with van der Waals surface area (Å²) in [5, 5.41) is 0. The van der Waals surface area contributed by atoms with E-state index in [4.69, 9.17) is 27.7 Å². The predicted octanol–water partition coefficient (Wildman–Crippen LogP) is -2.35. The van der Waals surface area contributed by atoms with E-state index in [2.05, 4.69) is 0 Å². The minimum atomic E-state index is -0.395. The van der Waals surface area contributed by atoms with Crippen LogP contribution < -0.4 is 22.9 Å². The predicted molar refractivity (Wildman–Crippen MR) is 50.0 cm³/mol. The van der Waals surface area contributed by atoms with Gasteiger partial charge in [-0.25, -0.2) is 0 Å². The lowest BCUT2D eigenvalue weighted by molar-refractivity contribution is 0.0242. The zero-order chi connectivity index (χ0) is 9.84. The molecule has 1 heterocycles. The molecule has 0 amide bonds. The van der Waals surface area contributed by atoms with Crippen molar-refractivity contribution < 1.29 is 4.74 Å². The second-order valence-corrected chi connectivity index (χ2v) is 3.00. The van der Waals surface area contributed by atoms with Crippen LogP contribution in [0.15, 0.2) is 11.5 Å². The first kappa shape index (κ1) is 10.1. The van der Waals surface area contributed by atoms with Gasteiger partial charge in [-0.2, -0.15) is 0 Å². The maximum absolute atomic E-state index is 5.82. The van der Waals surface area contributed by atoms with E-state index in [9.17, 15) is 0 Å². The van der Waals surface area contributed by atoms with Crippen molar-refractivity contribution in [1.29, 1.82) is 0 Å². The van der Waals surface area contributed by atoms with Gasteiger partial charge >= 0.3 is 0 Å². The number of nitrogens with zero attached hydrogens (tertiary/aromatic N) is 1. The van der Waals surface area contributed by atoms with Crippen molar-refractivity contribution in [2.24, 2.45) is 22.9 Å². The second kappa shape index (κ2) is 4.31. The van der Waals surface area contributed by atoms with Crippen molar-refractivity contribution in [2.45, 2.75) is 6.17 Å². The monoisotopic (exact) mass is 187 g/mol. The van der Waals surface area contributed by atoms with Crippen LogP contribution in [0.25, 0.3) is 0 Å². The quantitative estimate of drug-likeness (QED) is 0.384. The van der Waals surface area contributed by atoms with Crippen LogP contribution in [-0.2, 0) is 4.74 Å². The maximum Gasteiger partial charge on any atom is 0.116 e. The first-order chi connectivity index (χ1) is 6.13. The van der Waals surface area contributed by atoms with Gasteiger partial charge in [0.25, 0.3) is 0 Å². The molecule has 6 heteroatoms. The van der Waals surface area contributed by atoms with Gasteiger partial charge in [0.1, 0.15) is 12.0 Å². The molecule has 0 aliphatic carbocycles. The third kappa shape index (κ3) is 2.48. The highest BCUT2D eigenvalue weighted by molar-refractivity contribution is 5.10. The summed E-state index contributed by atoms with van der Waals surface area (Å²) >= 11 is 0. The Morgan fingerprint density at radius 1 is 1.15 bits per heavy atom. The number of hydrogen-bond acceptors (Lipinski definition) is 6. The van der Waals surface area contributed by atoms with E-state index < -0.39 is 6.17 Å². The molecule has 0 aromatic rings. The highest BCUT2D eigenvalue weighted by Crippen LogP contribution is 2.04. The minimum Gasteiger partial charge on any atom is -0.397 e. The Kier molecular flexibility index (Phi) is 3.35. The summed E-state index contributed by atoms with van der Waals surface area (Å²) in [4.78, 5) is 1.98. The lowest BCUT2D eigenvalue weighted by Crippen LogP contribution is -2.51. The molecule has 0 bridgehead atoms. The van der Waals surface area contributed by atoms with E-state index in [1.807, 2.05) is 4.90 Å². The molecule has 1 aliphatic rings. The zero-order valence-corrected chi connectivity index (χ0v) is 7.57. The molecule has 0 aromatic heterocycles. The van der Waals surface area contributed by atoms with Crippen LogP contribution in [0.4, 0.5) is 0 Å². The molecule has 1 aliphatic heterocycles. The van der Waals surface area contributed by atoms with Gasteiger partial charge in [0.15, 0.2) is 0 Å². The minimum absolute atomic E-state index is 0.0963. The van der Waals surface area contributed by atoms with Crippen molar-refractivity contribution in [3.63, 3.8) is 0 Å². The summed E-state index contributed by atoms with van der Waals surface area (Å²) in [5.74, 6) is 0.0963. The van der Waals surface area contributed by atoms with Gasteiger partial charge in [0.05, 0.1) is 18.9 Å². The van der Waals surface area contributed by atoms with Crippen molar-refractivity contribution in [3.8, 4) is 0 Å². The zero-order valence-electron chi connectivity index (χ0n) is 7.57. The average Bonchev–Trinajstić information content (AvgIpc) is 2.17. The van der Waals surface area contributed by atoms with Gasteiger partial charge < -0.3 is 27.7 Å². The fourth-order valence-corrected chi connectivity index (χ4v) is 1.22. The lowest BCUT2D eigenvalue weighted by Gasteiger charge is -2.32. The van der Waals surface area contributed by atoms with Gasteiger partial charge in [-0.1, -0.05) is 0 Å². The van der Waals surface area contributed by atoms with Gasteiger partial charge in [0.2, 0.25) is 0 Å². The smallest absolute Gasteiger partial charge is 0.116 e. The Bertz CT molecular complexity index is 195. The van der Waals surface area contributed by atoms with Gasteiger partial charge in [0, 0.05) is 13.1 Å². The molecule has 0 radical (unpaired) electrons. The normalized spacial score (nSPS) is 21.0. The van der Waals surface area contributed by atoms with E-state index in [0.717, 1.165) is 13.1 Å². The van der Waals surface area contributed by atoms with Gasteiger partial charge in [-0.05, 0) is 0 Å². The molecular formula is C7H17N5O. The van der Waals surface area contributed by atoms with E-state index in [0.29, 0.717) is 18.9 Å². The van der Waals surface area contributed by atoms with Crippen molar-refractivity contribution in [2.75, 3.05) is 26.3 Å². The van der Waals surface area contributed by atoms with Crippen molar-refractivity contribution in [1.82, 2.24) is 4.90 Å². The fraction of sp³-hybridized carbons (Fsp3) is 0.714. The molecule has 0 aromatic carbocycles. The van der Waals surface area contributed by atoms with Crippen LogP contribution in [0.1, 0.15) is 0 Å². The SMILES string of the molecule is NC(N)=C(N)C(N)N1CCOCC1. The van der Waals surface area contributed by atoms with Crippen LogP contribution in [0.2, 0.25) is 0 Å². The molecule has 76 valence electrons. The van der Waals surface area contributed by atoms with E-state index in [1.54, 1.807) is 0 Å². The molecule has 8 N–H and O–H groups in total. The third-order valence-electron chi connectivity index (χ3n) is 2.09. The number of morpholine rings is 1. The van der Waals surface area contributed by atoms with Crippen LogP contribution in [0, 0.1) is 0 Å². The summed E-state index contributed by atoms with van der Waals surface area (Å²) in [6, 6.07) is 0. The first-order valence-corrected chi connectivity index (χ1v) is 4.21. The molecule has 0 saturated carbocycles. The van der Waals surface area contributed by atoms with Crippen LogP contribution in [0.5, 0.6) is 0 Å². The number of rotatable bonds is 2. The first-order valence-electron chi connectivity index (χ1n) is 4.21. The largest absolute Gasteiger partial charge is 0.397 e. The van der Waals surface area contributed by atoms with Crippen molar-refractivity contribution in [3.05, 3.63) is 11.5 Å². The fourth-order valence-electron chi connectivity index (χ4n) is 1.22. The molecule has 6 nitrogen and oxygen atoms in total. The highest BCUT2D eigenvalue weighted by Gasteiger charge is 2.20. The van der Waals surface area contributed by atoms with Crippen LogP contribution in [-0.4, -0.2) is 37.4 Å². The third-order valence-corrected chi connectivity index (χ3v) is 2.09. The summed E-state index contributed by atoms with van der Waals surface area (Å²) in [7, 11) is 0. The van der Waals surface area contributed by atoms with Crippen LogP contribution >= 0.6 is 0 Å². The molecule has 1 unspecified atom stereocenters. The molecule has 1 fully saturated rings. The summed E-state index contributed by atoms with van der Waals surface area (Å²) in [5.41, 5.74) is 22.4. The molecule has 1 rings (SSSR count). The topological polar surface area (TPSA) is 117 Å². The highest BCUT2D eigenvalue weighted by atomic mass is 16.5. The van der Waals surface area contributed by atoms with Gasteiger partial charge in [-0.3, -0.25) is 4.90 Å². The number of hydrogen-bond donors (Lipinski definition) is 4. The second-order valence-electron chi connectivity index (χ2n) is 3.00. The molecule has 13 heavy (non-hydrogen) atoms. The molecular weight excluding hydrogens is 170 g/mol. The molecule has 1 atom stereocenters. The summed E-state index contributed by atoms with van der Waals surface area (Å²) in [6.45, 7) is 2.86. The molecule has 0 spiro atoms. The van der Waals surface area contributed by atoms with Crippen molar-refractivity contribution >= 4 is 0 Å². The lowest BCUT2D eigenvalue weighted by atomic mass is 10.3. The average molecular weight is 187 g/mol. The Balaban J connectivity index is 2.55. The Labute approximate surface area is 77.5 Å². The standard InChI is InChI=1S/C7H17N5O/c8-5(6(9)10)7(11)12-1-3-13-4-2-12/h7H,1-4,8-11H2. The van der Waals surface area contributed by atoms with E-state index in [1.165, 1.54) is 0 Å². The maximum atomic E-state index is 5.82. The van der Waals surface area contributed by atoms with E-state index >= 15 is 0 Å². The molecule has 1 saturated heterocycles. The summed E-state index contributed by atoms with van der Waals surface area (Å²) < 4.78 is 5.17. The number of ether oxygens (including phenoxy) is 1. The van der Waals surface area contributed by atoms with Gasteiger partial charge in [-0.15, -0.1) is 0 Å². The Morgan fingerprint density at radius 2 is 1.69 bits per heavy atom. The summed E-state index contributed by atoms with van der Waals surface area (Å²) in [6.07, 6.45) is -0.395. The number of nitrogens with two attached hydrogens (primary N) is 4. The Morgan fingerprint density at radius 3 is 2.15 bits per heavy atom.